The van der Waals surface area contributed by atoms with Gasteiger partial charge in [0.05, 0.1) is 5.02 Å². The van der Waals surface area contributed by atoms with Crippen LogP contribution >= 0.6 is 23.8 Å². The minimum absolute atomic E-state index is 0.127. The molecule has 1 aromatic carbocycles. The number of benzene rings is 1. The van der Waals surface area contributed by atoms with Gasteiger partial charge in [-0.25, -0.2) is 4.39 Å². The third-order valence-electron chi connectivity index (χ3n) is 4.05. The standard InChI is InChI=1S/C18H14ClFN2O3S/c19-14-7-10(20)1-6-16(14)24-9-13-5-4-12(25-13)8-15-17(23)22(11-2-3-11)18(26)21-15/h1,4-8,11H,2-3,9H2,(H,21,26)/b15-8+. The highest BCUT2D eigenvalue weighted by molar-refractivity contribution is 7.80. The molecule has 0 bridgehead atoms. The van der Waals surface area contributed by atoms with Crippen molar-refractivity contribution in [2.24, 2.45) is 0 Å². The Morgan fingerprint density at radius 2 is 2.19 bits per heavy atom. The highest BCUT2D eigenvalue weighted by Gasteiger charge is 2.41. The number of amides is 1. The molecule has 5 nitrogen and oxygen atoms in total. The summed E-state index contributed by atoms with van der Waals surface area (Å²) in [5, 5.41) is 3.55. The average Bonchev–Trinajstić information content (AvgIpc) is 3.25. The third-order valence-corrected chi connectivity index (χ3v) is 4.65. The Hall–Kier alpha value is -2.38. The van der Waals surface area contributed by atoms with Gasteiger partial charge < -0.3 is 14.5 Å². The molecule has 134 valence electrons. The van der Waals surface area contributed by atoms with E-state index in [9.17, 15) is 9.18 Å². The molecule has 1 saturated heterocycles. The van der Waals surface area contributed by atoms with E-state index in [0.717, 1.165) is 12.8 Å². The highest BCUT2D eigenvalue weighted by Crippen LogP contribution is 2.31. The van der Waals surface area contributed by atoms with Crippen LogP contribution in [0.25, 0.3) is 6.08 Å². The Balaban J connectivity index is 1.43. The second-order valence-electron chi connectivity index (χ2n) is 6.06. The normalized spacial score (nSPS) is 18.5. The van der Waals surface area contributed by atoms with E-state index in [2.05, 4.69) is 5.32 Å². The summed E-state index contributed by atoms with van der Waals surface area (Å²) in [6.07, 6.45) is 3.58. The summed E-state index contributed by atoms with van der Waals surface area (Å²) < 4.78 is 24.2. The van der Waals surface area contributed by atoms with Gasteiger partial charge >= 0.3 is 0 Å². The van der Waals surface area contributed by atoms with Gasteiger partial charge in [-0.15, -0.1) is 0 Å². The van der Waals surface area contributed by atoms with Crippen LogP contribution in [0.3, 0.4) is 0 Å². The van der Waals surface area contributed by atoms with Gasteiger partial charge in [0.1, 0.15) is 35.4 Å². The molecule has 0 radical (unpaired) electrons. The van der Waals surface area contributed by atoms with E-state index in [1.165, 1.54) is 18.2 Å². The molecule has 0 unspecified atom stereocenters. The van der Waals surface area contributed by atoms with E-state index < -0.39 is 5.82 Å². The first-order chi connectivity index (χ1) is 12.5. The first-order valence-corrected chi connectivity index (χ1v) is 8.83. The van der Waals surface area contributed by atoms with Crippen molar-refractivity contribution in [3.63, 3.8) is 0 Å². The Morgan fingerprint density at radius 3 is 2.92 bits per heavy atom. The molecule has 2 heterocycles. The third kappa shape index (κ3) is 3.45. The van der Waals surface area contributed by atoms with Crippen molar-refractivity contribution >= 4 is 40.9 Å². The van der Waals surface area contributed by atoms with E-state index in [-0.39, 0.29) is 23.6 Å². The second kappa shape index (κ2) is 6.74. The van der Waals surface area contributed by atoms with Gasteiger partial charge in [0.2, 0.25) is 0 Å². The Bertz CT molecular complexity index is 923. The Morgan fingerprint density at radius 1 is 1.38 bits per heavy atom. The second-order valence-corrected chi connectivity index (χ2v) is 6.86. The van der Waals surface area contributed by atoms with E-state index in [4.69, 9.17) is 33.0 Å². The van der Waals surface area contributed by atoms with Crippen LogP contribution in [-0.2, 0) is 11.4 Å². The Kier molecular flexibility index (Phi) is 4.42. The Labute approximate surface area is 159 Å². The molecule has 8 heteroatoms. The SMILES string of the molecule is O=C1/C(=C\c2ccc(COc3ccc(F)cc3Cl)o2)NC(=S)N1C1CC1. The molecule has 1 aliphatic carbocycles. The van der Waals surface area contributed by atoms with Crippen molar-refractivity contribution in [3.05, 3.63) is 58.4 Å². The molecular weight excluding hydrogens is 379 g/mol. The van der Waals surface area contributed by atoms with Crippen LogP contribution in [0.2, 0.25) is 5.02 Å². The molecule has 1 saturated carbocycles. The van der Waals surface area contributed by atoms with Crippen LogP contribution in [0, 0.1) is 5.82 Å². The van der Waals surface area contributed by atoms with Crippen LogP contribution in [0.15, 0.2) is 40.4 Å². The van der Waals surface area contributed by atoms with E-state index in [1.807, 2.05) is 0 Å². The summed E-state index contributed by atoms with van der Waals surface area (Å²) in [6, 6.07) is 7.59. The molecule has 1 N–H and O–H groups in total. The van der Waals surface area contributed by atoms with Crippen molar-refractivity contribution in [1.29, 1.82) is 0 Å². The molecule has 26 heavy (non-hydrogen) atoms. The lowest BCUT2D eigenvalue weighted by Gasteiger charge is -2.11. The molecule has 2 aliphatic rings. The maximum absolute atomic E-state index is 13.0. The zero-order valence-electron chi connectivity index (χ0n) is 13.5. The quantitative estimate of drug-likeness (QED) is 0.618. The van der Waals surface area contributed by atoms with Crippen molar-refractivity contribution in [2.45, 2.75) is 25.5 Å². The number of rotatable bonds is 5. The lowest BCUT2D eigenvalue weighted by molar-refractivity contribution is -0.122. The monoisotopic (exact) mass is 392 g/mol. The fourth-order valence-electron chi connectivity index (χ4n) is 2.65. The first-order valence-electron chi connectivity index (χ1n) is 8.04. The molecule has 1 aromatic heterocycles. The number of nitrogens with zero attached hydrogens (tertiary/aromatic N) is 1. The van der Waals surface area contributed by atoms with Crippen molar-refractivity contribution in [1.82, 2.24) is 10.2 Å². The van der Waals surface area contributed by atoms with Gasteiger partial charge in [0.25, 0.3) is 5.91 Å². The van der Waals surface area contributed by atoms with Gasteiger partial charge in [-0.1, -0.05) is 11.6 Å². The number of nitrogens with one attached hydrogen (secondary N) is 1. The number of furan rings is 1. The average molecular weight is 393 g/mol. The number of carbonyl (C=O) groups is 1. The molecular formula is C18H14ClFN2O3S. The van der Waals surface area contributed by atoms with Gasteiger partial charge in [-0.3, -0.25) is 9.69 Å². The summed E-state index contributed by atoms with van der Waals surface area (Å²) in [5.74, 6) is 0.850. The maximum atomic E-state index is 13.0. The van der Waals surface area contributed by atoms with Crippen LogP contribution in [-0.4, -0.2) is 22.0 Å². The molecule has 2 fully saturated rings. The molecule has 0 atom stereocenters. The molecule has 2 aromatic rings. The van der Waals surface area contributed by atoms with Crippen LogP contribution in [0.1, 0.15) is 24.4 Å². The minimum atomic E-state index is -0.429. The lowest BCUT2D eigenvalue weighted by atomic mass is 10.3. The summed E-state index contributed by atoms with van der Waals surface area (Å²) in [7, 11) is 0. The van der Waals surface area contributed by atoms with Gasteiger partial charge in [-0.2, -0.15) is 0 Å². The fourth-order valence-corrected chi connectivity index (χ4v) is 3.21. The van der Waals surface area contributed by atoms with Gasteiger partial charge in [-0.05, 0) is 55.4 Å². The molecule has 1 amide bonds. The van der Waals surface area contributed by atoms with E-state index >= 15 is 0 Å². The minimum Gasteiger partial charge on any atom is -0.484 e. The van der Waals surface area contributed by atoms with Crippen LogP contribution in [0.4, 0.5) is 4.39 Å². The number of carbonyl (C=O) groups excluding carboxylic acids is 1. The molecule has 4 rings (SSSR count). The van der Waals surface area contributed by atoms with Crippen LogP contribution < -0.4 is 10.1 Å². The topological polar surface area (TPSA) is 54.7 Å². The predicted octanol–water partition coefficient (Wildman–Crippen LogP) is 3.87. The number of hydrogen-bond acceptors (Lipinski definition) is 4. The number of thiocarbonyl (C=S) groups is 1. The lowest BCUT2D eigenvalue weighted by Crippen LogP contribution is -2.32. The summed E-state index contributed by atoms with van der Waals surface area (Å²) in [6.45, 7) is 0.127. The first kappa shape index (κ1) is 17.1. The molecule has 0 spiro atoms. The summed E-state index contributed by atoms with van der Waals surface area (Å²) in [5.41, 5.74) is 0.394. The summed E-state index contributed by atoms with van der Waals surface area (Å²) in [4.78, 5) is 14.0. The van der Waals surface area contributed by atoms with Crippen molar-refractivity contribution in [3.8, 4) is 5.75 Å². The fraction of sp³-hybridized carbons (Fsp3) is 0.222. The van der Waals surface area contributed by atoms with Crippen molar-refractivity contribution < 1.29 is 18.3 Å². The maximum Gasteiger partial charge on any atom is 0.276 e. The van der Waals surface area contributed by atoms with Crippen LogP contribution in [0.5, 0.6) is 5.75 Å². The van der Waals surface area contributed by atoms with Crippen molar-refractivity contribution in [2.75, 3.05) is 0 Å². The highest BCUT2D eigenvalue weighted by atomic mass is 35.5. The number of hydrogen-bond donors (Lipinski definition) is 1. The number of ether oxygens (including phenoxy) is 1. The summed E-state index contributed by atoms with van der Waals surface area (Å²) >= 11 is 11.1. The van der Waals surface area contributed by atoms with Gasteiger partial charge in [0.15, 0.2) is 5.11 Å². The predicted molar refractivity (Wildman–Crippen MR) is 98.0 cm³/mol. The van der Waals surface area contributed by atoms with Gasteiger partial charge in [0, 0.05) is 12.1 Å². The smallest absolute Gasteiger partial charge is 0.276 e. The van der Waals surface area contributed by atoms with E-state index in [0.29, 0.717) is 28.1 Å². The van der Waals surface area contributed by atoms with E-state index in [1.54, 1.807) is 23.1 Å². The number of halogens is 2. The molecule has 1 aliphatic heterocycles. The zero-order valence-corrected chi connectivity index (χ0v) is 15.1. The largest absolute Gasteiger partial charge is 0.484 e. The zero-order chi connectivity index (χ0) is 18.3.